The monoisotopic (exact) mass is 242 g/mol. The van der Waals surface area contributed by atoms with Crippen molar-refractivity contribution in [3.8, 4) is 0 Å². The first-order chi connectivity index (χ1) is 7.43. The van der Waals surface area contributed by atoms with E-state index in [-0.39, 0.29) is 11.8 Å². The predicted molar refractivity (Wildman–Crippen MR) is 66.0 cm³/mol. The molecule has 2 N–H and O–H groups in total. The summed E-state index contributed by atoms with van der Waals surface area (Å²) >= 11 is 1.46. The third kappa shape index (κ3) is 4.18. The number of nitrogens with one attached hydrogen (secondary N) is 1. The summed E-state index contributed by atoms with van der Waals surface area (Å²) in [6.07, 6.45) is 1.09. The molecule has 0 bridgehead atoms. The molecule has 1 heterocycles. The van der Waals surface area contributed by atoms with Gasteiger partial charge in [-0.15, -0.1) is 11.3 Å². The van der Waals surface area contributed by atoms with E-state index < -0.39 is 5.97 Å². The van der Waals surface area contributed by atoms with Crippen molar-refractivity contribution >= 4 is 22.4 Å². The molecule has 0 amide bonds. The summed E-state index contributed by atoms with van der Waals surface area (Å²) in [6, 6.07) is 0. The lowest BCUT2D eigenvalue weighted by molar-refractivity contribution is -0.136. The second-order valence-electron chi connectivity index (χ2n) is 4.59. The maximum Gasteiger partial charge on any atom is 0.309 e. The largest absolute Gasteiger partial charge is 0.481 e. The van der Waals surface area contributed by atoms with Gasteiger partial charge in [0.15, 0.2) is 5.13 Å². The van der Waals surface area contributed by atoms with Crippen molar-refractivity contribution in [2.45, 2.75) is 33.6 Å². The Kier molecular flexibility index (Phi) is 4.29. The lowest BCUT2D eigenvalue weighted by Gasteiger charge is -2.22. The molecule has 5 heteroatoms. The average molecular weight is 242 g/mol. The Morgan fingerprint density at radius 3 is 2.88 bits per heavy atom. The Morgan fingerprint density at radius 2 is 2.31 bits per heavy atom. The number of hydrogen-bond acceptors (Lipinski definition) is 4. The number of nitrogens with zero attached hydrogens (tertiary/aromatic N) is 1. The second kappa shape index (κ2) is 5.30. The van der Waals surface area contributed by atoms with Crippen molar-refractivity contribution in [1.82, 2.24) is 4.98 Å². The summed E-state index contributed by atoms with van der Waals surface area (Å²) in [7, 11) is 0. The van der Waals surface area contributed by atoms with Crippen LogP contribution in [0.5, 0.6) is 0 Å². The van der Waals surface area contributed by atoms with E-state index in [1.807, 2.05) is 0 Å². The van der Waals surface area contributed by atoms with Crippen LogP contribution in [0.2, 0.25) is 0 Å². The zero-order valence-electron chi connectivity index (χ0n) is 9.91. The topological polar surface area (TPSA) is 62.2 Å². The van der Waals surface area contributed by atoms with Gasteiger partial charge >= 0.3 is 5.97 Å². The van der Waals surface area contributed by atoms with Gasteiger partial charge in [-0.2, -0.15) is 0 Å². The molecule has 0 radical (unpaired) electrons. The second-order valence-corrected chi connectivity index (χ2v) is 5.44. The summed E-state index contributed by atoms with van der Waals surface area (Å²) in [5, 5.41) is 14.5. The zero-order valence-corrected chi connectivity index (χ0v) is 10.7. The number of anilines is 1. The molecule has 0 aliphatic heterocycles. The van der Waals surface area contributed by atoms with Gasteiger partial charge in [-0.3, -0.25) is 4.79 Å². The van der Waals surface area contributed by atoms with Gasteiger partial charge in [0.25, 0.3) is 0 Å². The van der Waals surface area contributed by atoms with E-state index in [9.17, 15) is 4.79 Å². The van der Waals surface area contributed by atoms with Crippen LogP contribution in [0.15, 0.2) is 5.38 Å². The average Bonchev–Trinajstić information content (AvgIpc) is 2.62. The summed E-state index contributed by atoms with van der Waals surface area (Å²) in [5.41, 5.74) is 0.854. The van der Waals surface area contributed by atoms with Crippen LogP contribution in [0, 0.1) is 5.41 Å². The zero-order chi connectivity index (χ0) is 12.2. The SMILES string of the molecule is CCC(C)(C)CNc1nc(CC(=O)O)cs1. The van der Waals surface area contributed by atoms with Gasteiger partial charge in [-0.05, 0) is 11.8 Å². The molecular weight excluding hydrogens is 224 g/mol. The van der Waals surface area contributed by atoms with Crippen LogP contribution in [0.1, 0.15) is 32.9 Å². The van der Waals surface area contributed by atoms with Gasteiger partial charge in [-0.1, -0.05) is 20.8 Å². The Bertz CT molecular complexity index is 361. The predicted octanol–water partition coefficient (Wildman–Crippen LogP) is 2.62. The van der Waals surface area contributed by atoms with Crippen molar-refractivity contribution in [2.24, 2.45) is 5.41 Å². The molecule has 0 saturated heterocycles. The summed E-state index contributed by atoms with van der Waals surface area (Å²) in [6.45, 7) is 7.38. The highest BCUT2D eigenvalue weighted by Gasteiger charge is 2.15. The molecular formula is C11H18N2O2S. The van der Waals surface area contributed by atoms with Crippen LogP contribution in [-0.4, -0.2) is 22.6 Å². The Balaban J connectivity index is 2.49. The molecule has 0 aliphatic carbocycles. The van der Waals surface area contributed by atoms with Crippen molar-refractivity contribution in [2.75, 3.05) is 11.9 Å². The molecule has 0 aromatic carbocycles. The molecule has 90 valence electrons. The molecule has 0 aliphatic rings. The molecule has 0 unspecified atom stereocenters. The van der Waals surface area contributed by atoms with Crippen LogP contribution >= 0.6 is 11.3 Å². The standard InChI is InChI=1S/C11H18N2O2S/c1-4-11(2,3)7-12-10-13-8(6-16-10)5-9(14)15/h6H,4-5,7H2,1-3H3,(H,12,13)(H,14,15). The summed E-state index contributed by atoms with van der Waals surface area (Å²) in [5.74, 6) is -0.842. The first kappa shape index (κ1) is 13.0. The van der Waals surface area contributed by atoms with Crippen LogP contribution in [-0.2, 0) is 11.2 Å². The molecule has 1 rings (SSSR count). The number of carboxylic acids is 1. The molecule has 1 aromatic heterocycles. The van der Waals surface area contributed by atoms with Gasteiger partial charge in [-0.25, -0.2) is 4.98 Å². The van der Waals surface area contributed by atoms with Crippen LogP contribution < -0.4 is 5.32 Å². The minimum Gasteiger partial charge on any atom is -0.481 e. The first-order valence-electron chi connectivity index (χ1n) is 5.33. The highest BCUT2D eigenvalue weighted by molar-refractivity contribution is 7.13. The molecule has 4 nitrogen and oxygen atoms in total. The Hall–Kier alpha value is -1.10. The minimum atomic E-state index is -0.842. The summed E-state index contributed by atoms with van der Waals surface area (Å²) < 4.78 is 0. The smallest absolute Gasteiger partial charge is 0.309 e. The van der Waals surface area contributed by atoms with Gasteiger partial charge in [0, 0.05) is 11.9 Å². The lowest BCUT2D eigenvalue weighted by Crippen LogP contribution is -2.21. The number of thiazole rings is 1. The van der Waals surface area contributed by atoms with E-state index >= 15 is 0 Å². The van der Waals surface area contributed by atoms with Crippen LogP contribution in [0.3, 0.4) is 0 Å². The van der Waals surface area contributed by atoms with E-state index in [1.165, 1.54) is 11.3 Å². The molecule has 0 atom stereocenters. The number of aromatic nitrogens is 1. The molecule has 16 heavy (non-hydrogen) atoms. The molecule has 0 saturated carbocycles. The fraction of sp³-hybridized carbons (Fsp3) is 0.636. The van der Waals surface area contributed by atoms with Crippen molar-refractivity contribution < 1.29 is 9.90 Å². The van der Waals surface area contributed by atoms with E-state index in [1.54, 1.807) is 5.38 Å². The summed E-state index contributed by atoms with van der Waals surface area (Å²) in [4.78, 5) is 14.7. The number of carbonyl (C=O) groups is 1. The number of aliphatic carboxylic acids is 1. The first-order valence-corrected chi connectivity index (χ1v) is 6.21. The Labute approximate surface area is 99.7 Å². The minimum absolute atomic E-state index is 0.00461. The normalized spacial score (nSPS) is 11.4. The van der Waals surface area contributed by atoms with E-state index in [2.05, 4.69) is 31.1 Å². The van der Waals surface area contributed by atoms with E-state index in [0.29, 0.717) is 5.69 Å². The highest BCUT2D eigenvalue weighted by atomic mass is 32.1. The highest BCUT2D eigenvalue weighted by Crippen LogP contribution is 2.22. The molecule has 0 spiro atoms. The maximum atomic E-state index is 10.5. The van der Waals surface area contributed by atoms with Crippen molar-refractivity contribution in [3.63, 3.8) is 0 Å². The van der Waals surface area contributed by atoms with Crippen LogP contribution in [0.4, 0.5) is 5.13 Å². The molecule has 0 fully saturated rings. The van der Waals surface area contributed by atoms with E-state index in [0.717, 1.165) is 18.1 Å². The lowest BCUT2D eigenvalue weighted by atomic mass is 9.90. The van der Waals surface area contributed by atoms with Gasteiger partial charge in [0.1, 0.15) is 0 Å². The fourth-order valence-corrected chi connectivity index (χ4v) is 1.77. The van der Waals surface area contributed by atoms with Gasteiger partial charge < -0.3 is 10.4 Å². The third-order valence-electron chi connectivity index (χ3n) is 2.56. The van der Waals surface area contributed by atoms with Gasteiger partial charge in [0.2, 0.25) is 0 Å². The number of hydrogen-bond donors (Lipinski definition) is 2. The van der Waals surface area contributed by atoms with Gasteiger partial charge in [0.05, 0.1) is 12.1 Å². The van der Waals surface area contributed by atoms with Crippen LogP contribution in [0.25, 0.3) is 0 Å². The van der Waals surface area contributed by atoms with Crippen molar-refractivity contribution in [1.29, 1.82) is 0 Å². The number of rotatable bonds is 6. The Morgan fingerprint density at radius 1 is 1.62 bits per heavy atom. The third-order valence-corrected chi connectivity index (χ3v) is 3.41. The number of carboxylic acid groups (broad SMARTS) is 1. The molecule has 1 aromatic rings. The van der Waals surface area contributed by atoms with Crippen molar-refractivity contribution in [3.05, 3.63) is 11.1 Å². The quantitative estimate of drug-likeness (QED) is 0.805. The van der Waals surface area contributed by atoms with E-state index in [4.69, 9.17) is 5.11 Å². The fourth-order valence-electron chi connectivity index (χ4n) is 1.06. The maximum absolute atomic E-state index is 10.5.